The van der Waals surface area contributed by atoms with E-state index in [9.17, 15) is 4.79 Å². The summed E-state index contributed by atoms with van der Waals surface area (Å²) in [5.74, 6) is 0.664. The third-order valence-electron chi connectivity index (χ3n) is 5.33. The zero-order valence-corrected chi connectivity index (χ0v) is 13.9. The van der Waals surface area contributed by atoms with Crippen LogP contribution in [0.5, 0.6) is 0 Å². The normalized spacial score (nSPS) is 25.4. The van der Waals surface area contributed by atoms with E-state index < -0.39 is 0 Å². The molecule has 2 heterocycles. The number of hydrogen-bond acceptors (Lipinski definition) is 2. The van der Waals surface area contributed by atoms with Crippen LogP contribution < -0.4 is 10.6 Å². The predicted molar refractivity (Wildman–Crippen MR) is 97.8 cm³/mol. The molecule has 1 amide bonds. The molecule has 0 saturated carbocycles. The summed E-state index contributed by atoms with van der Waals surface area (Å²) >= 11 is 0. The summed E-state index contributed by atoms with van der Waals surface area (Å²) in [5, 5.41) is 6.79. The lowest BCUT2D eigenvalue weighted by Gasteiger charge is -2.28. The second kappa shape index (κ2) is 6.78. The molecule has 24 heavy (non-hydrogen) atoms. The molecule has 0 aliphatic carbocycles. The average Bonchev–Trinajstić information content (AvgIpc) is 2.94. The van der Waals surface area contributed by atoms with E-state index >= 15 is 0 Å². The quantitative estimate of drug-likeness (QED) is 0.886. The first-order valence-electron chi connectivity index (χ1n) is 8.98. The topological polar surface area (TPSA) is 41.1 Å². The van der Waals surface area contributed by atoms with Crippen LogP contribution in [0.3, 0.4) is 0 Å². The third kappa shape index (κ3) is 3.36. The summed E-state index contributed by atoms with van der Waals surface area (Å²) in [7, 11) is 0. The number of carbonyl (C=O) groups is 1. The predicted octanol–water partition coefficient (Wildman–Crippen LogP) is 4.21. The van der Waals surface area contributed by atoms with Crippen molar-refractivity contribution in [3.63, 3.8) is 0 Å². The maximum atomic E-state index is 12.6. The second-order valence-electron chi connectivity index (χ2n) is 7.14. The van der Waals surface area contributed by atoms with Gasteiger partial charge in [-0.25, -0.2) is 0 Å². The van der Waals surface area contributed by atoms with Crippen LogP contribution in [-0.2, 0) is 4.79 Å². The summed E-state index contributed by atoms with van der Waals surface area (Å²) in [6, 6.07) is 19.5. The number of fused-ring (bicyclic) bond motifs is 2. The largest absolute Gasteiger partial charge is 0.326 e. The lowest BCUT2D eigenvalue weighted by Crippen LogP contribution is -2.39. The molecule has 0 spiro atoms. The molecular formula is C21H24N2O. The van der Waals surface area contributed by atoms with Gasteiger partial charge in [0.25, 0.3) is 0 Å². The standard InChI is InChI=1S/C21H24N2O/c24-21(14-15-12-17-10-11-18(13-15)22-17)23-20-9-5-4-8-19(20)16-6-2-1-3-7-16/h1-9,15,17-18,22H,10-14H2,(H,23,24). The van der Waals surface area contributed by atoms with Gasteiger partial charge >= 0.3 is 0 Å². The Morgan fingerprint density at radius 1 is 0.958 bits per heavy atom. The number of para-hydroxylation sites is 1. The zero-order valence-electron chi connectivity index (χ0n) is 13.9. The van der Waals surface area contributed by atoms with Crippen LogP contribution in [0, 0.1) is 5.92 Å². The summed E-state index contributed by atoms with van der Waals surface area (Å²) in [4.78, 5) is 12.6. The minimum atomic E-state index is 0.143. The molecule has 2 N–H and O–H groups in total. The summed E-state index contributed by atoms with van der Waals surface area (Å²) < 4.78 is 0. The van der Waals surface area contributed by atoms with Crippen LogP contribution in [0.4, 0.5) is 5.69 Å². The van der Waals surface area contributed by atoms with Gasteiger partial charge in [-0.3, -0.25) is 4.79 Å². The van der Waals surface area contributed by atoms with E-state index in [2.05, 4.69) is 28.8 Å². The number of nitrogens with one attached hydrogen (secondary N) is 2. The first kappa shape index (κ1) is 15.4. The van der Waals surface area contributed by atoms with Crippen molar-refractivity contribution in [2.24, 2.45) is 5.92 Å². The fourth-order valence-corrected chi connectivity index (χ4v) is 4.27. The Bertz CT molecular complexity index is 701. The molecule has 4 rings (SSSR count). The van der Waals surface area contributed by atoms with Crippen molar-refractivity contribution in [2.75, 3.05) is 5.32 Å². The monoisotopic (exact) mass is 320 g/mol. The van der Waals surface area contributed by atoms with E-state index in [1.54, 1.807) is 0 Å². The van der Waals surface area contributed by atoms with E-state index in [0.29, 0.717) is 24.4 Å². The van der Waals surface area contributed by atoms with E-state index in [0.717, 1.165) is 29.7 Å². The molecule has 2 atom stereocenters. The number of rotatable bonds is 4. The second-order valence-corrected chi connectivity index (χ2v) is 7.14. The van der Waals surface area contributed by atoms with Crippen molar-refractivity contribution in [1.82, 2.24) is 5.32 Å². The van der Waals surface area contributed by atoms with Gasteiger partial charge in [0.1, 0.15) is 0 Å². The first-order chi connectivity index (χ1) is 11.8. The average molecular weight is 320 g/mol. The number of hydrogen-bond donors (Lipinski definition) is 2. The van der Waals surface area contributed by atoms with Crippen LogP contribution in [0.15, 0.2) is 54.6 Å². The highest BCUT2D eigenvalue weighted by Gasteiger charge is 2.34. The molecule has 2 aliphatic rings. The summed E-state index contributed by atoms with van der Waals surface area (Å²) in [6.07, 6.45) is 5.48. The minimum Gasteiger partial charge on any atom is -0.326 e. The maximum absolute atomic E-state index is 12.6. The van der Waals surface area contributed by atoms with E-state index in [-0.39, 0.29) is 5.91 Å². The SMILES string of the molecule is O=C(CC1CC2CCC(C1)N2)Nc1ccccc1-c1ccccc1. The first-order valence-corrected chi connectivity index (χ1v) is 8.98. The smallest absolute Gasteiger partial charge is 0.224 e. The van der Waals surface area contributed by atoms with Gasteiger partial charge in [-0.2, -0.15) is 0 Å². The molecule has 2 aliphatic heterocycles. The fraction of sp³-hybridized carbons (Fsp3) is 0.381. The number of anilines is 1. The van der Waals surface area contributed by atoms with Crippen molar-refractivity contribution < 1.29 is 4.79 Å². The Morgan fingerprint density at radius 3 is 2.38 bits per heavy atom. The highest BCUT2D eigenvalue weighted by molar-refractivity contribution is 5.95. The molecule has 2 aromatic rings. The Kier molecular flexibility index (Phi) is 4.35. The van der Waals surface area contributed by atoms with E-state index in [4.69, 9.17) is 0 Å². The van der Waals surface area contributed by atoms with Gasteiger partial charge in [0.05, 0.1) is 0 Å². The molecule has 124 valence electrons. The van der Waals surface area contributed by atoms with Gasteiger partial charge < -0.3 is 10.6 Å². The lowest BCUT2D eigenvalue weighted by molar-refractivity contribution is -0.117. The van der Waals surface area contributed by atoms with Crippen LogP contribution in [0.2, 0.25) is 0 Å². The number of piperidine rings is 1. The summed E-state index contributed by atoms with van der Waals surface area (Å²) in [6.45, 7) is 0. The van der Waals surface area contributed by atoms with Crippen LogP contribution in [0.25, 0.3) is 11.1 Å². The highest BCUT2D eigenvalue weighted by atomic mass is 16.1. The Labute approximate surface area is 143 Å². The zero-order chi connectivity index (χ0) is 16.4. The fourth-order valence-electron chi connectivity index (χ4n) is 4.27. The van der Waals surface area contributed by atoms with E-state index in [1.807, 2.05) is 36.4 Å². The number of carbonyl (C=O) groups excluding carboxylic acids is 1. The molecule has 3 nitrogen and oxygen atoms in total. The van der Waals surface area contributed by atoms with Gasteiger partial charge in [0, 0.05) is 29.8 Å². The van der Waals surface area contributed by atoms with Crippen molar-refractivity contribution >= 4 is 11.6 Å². The van der Waals surface area contributed by atoms with E-state index in [1.165, 1.54) is 12.8 Å². The molecule has 2 bridgehead atoms. The molecule has 2 saturated heterocycles. The van der Waals surface area contributed by atoms with Crippen LogP contribution in [0.1, 0.15) is 32.1 Å². The molecule has 2 aromatic carbocycles. The Balaban J connectivity index is 1.45. The lowest BCUT2D eigenvalue weighted by atomic mass is 9.89. The van der Waals surface area contributed by atoms with Crippen LogP contribution in [-0.4, -0.2) is 18.0 Å². The highest BCUT2D eigenvalue weighted by Crippen LogP contribution is 2.33. The van der Waals surface area contributed by atoms with Crippen molar-refractivity contribution in [1.29, 1.82) is 0 Å². The summed E-state index contributed by atoms with van der Waals surface area (Å²) in [5.41, 5.74) is 3.12. The molecular weight excluding hydrogens is 296 g/mol. The molecule has 0 radical (unpaired) electrons. The van der Waals surface area contributed by atoms with Gasteiger partial charge in [0.15, 0.2) is 0 Å². The molecule has 3 heteroatoms. The third-order valence-corrected chi connectivity index (χ3v) is 5.33. The van der Waals surface area contributed by atoms with Gasteiger partial charge in [-0.1, -0.05) is 48.5 Å². The van der Waals surface area contributed by atoms with Crippen molar-refractivity contribution in [2.45, 2.75) is 44.2 Å². The Morgan fingerprint density at radius 2 is 1.62 bits per heavy atom. The van der Waals surface area contributed by atoms with Crippen molar-refractivity contribution in [3.05, 3.63) is 54.6 Å². The molecule has 0 aromatic heterocycles. The van der Waals surface area contributed by atoms with Crippen LogP contribution >= 0.6 is 0 Å². The molecule has 2 fully saturated rings. The number of amides is 1. The maximum Gasteiger partial charge on any atom is 0.224 e. The van der Waals surface area contributed by atoms with Gasteiger partial charge in [0.2, 0.25) is 5.91 Å². The van der Waals surface area contributed by atoms with Crippen molar-refractivity contribution in [3.8, 4) is 11.1 Å². The minimum absolute atomic E-state index is 0.143. The Hall–Kier alpha value is -2.13. The number of benzene rings is 2. The molecule has 2 unspecified atom stereocenters. The van der Waals surface area contributed by atoms with Gasteiger partial charge in [-0.05, 0) is 43.2 Å². The van der Waals surface area contributed by atoms with Gasteiger partial charge in [-0.15, -0.1) is 0 Å².